The number of hydrogen-bond acceptors (Lipinski definition) is 1. The van der Waals surface area contributed by atoms with E-state index < -0.39 is 0 Å². The monoisotopic (exact) mass is 318 g/mol. The van der Waals surface area contributed by atoms with Gasteiger partial charge in [-0.25, -0.2) is 0 Å². The van der Waals surface area contributed by atoms with Gasteiger partial charge in [0.2, 0.25) is 0 Å². The van der Waals surface area contributed by atoms with Crippen LogP contribution in [0.25, 0.3) is 0 Å². The summed E-state index contributed by atoms with van der Waals surface area (Å²) in [6.07, 6.45) is 4.03. The van der Waals surface area contributed by atoms with Crippen LogP contribution < -0.4 is 0 Å². The molecule has 1 nitrogen and oxygen atoms in total. The number of hydrogen-bond donors (Lipinski definition) is 0. The van der Waals surface area contributed by atoms with Gasteiger partial charge in [-0.2, -0.15) is 0 Å². The number of rotatable bonds is 6. The molecule has 0 saturated heterocycles. The second kappa shape index (κ2) is 7.61. The molecule has 0 bridgehead atoms. The summed E-state index contributed by atoms with van der Waals surface area (Å²) in [7, 11) is 0. The van der Waals surface area contributed by atoms with E-state index in [1.807, 2.05) is 24.3 Å². The molecule has 0 saturated carbocycles. The van der Waals surface area contributed by atoms with Crippen molar-refractivity contribution in [3.63, 3.8) is 0 Å². The van der Waals surface area contributed by atoms with E-state index in [9.17, 15) is 4.79 Å². The third-order valence-corrected chi connectivity index (χ3v) is 5.01. The maximum absolute atomic E-state index is 13.3. The minimum absolute atomic E-state index is 0.0586. The number of benzene rings is 2. The molecule has 2 aromatic rings. The molecule has 124 valence electrons. The van der Waals surface area contributed by atoms with Crippen LogP contribution in [0, 0.1) is 0 Å². The van der Waals surface area contributed by atoms with Gasteiger partial charge < -0.3 is 0 Å². The summed E-state index contributed by atoms with van der Waals surface area (Å²) in [5.74, 6) is 0.486. The molecule has 1 heteroatoms. The van der Waals surface area contributed by atoms with E-state index >= 15 is 0 Å². The van der Waals surface area contributed by atoms with Crippen LogP contribution in [0.5, 0.6) is 0 Å². The van der Waals surface area contributed by atoms with Gasteiger partial charge in [-0.3, -0.25) is 4.79 Å². The molecule has 1 aliphatic rings. The van der Waals surface area contributed by atoms with Crippen LogP contribution in [-0.2, 0) is 4.79 Å². The van der Waals surface area contributed by atoms with Gasteiger partial charge in [0.15, 0.2) is 5.78 Å². The Morgan fingerprint density at radius 1 is 0.708 bits per heavy atom. The fourth-order valence-electron chi connectivity index (χ4n) is 4.05. The summed E-state index contributed by atoms with van der Waals surface area (Å²) in [5, 5.41) is 0. The molecule has 0 heterocycles. The standard InChI is InChI=1S/C23H26O/c1-3-11-19-20(12-4-2)23(24)22(18-15-9-6-10-16-18)21(19)17-13-7-5-8-14-17/h5-10,13-16,21-22H,3-4,11-12H2,1-2H3/t21-,22+/m1/s1. The van der Waals surface area contributed by atoms with Crippen molar-refractivity contribution < 1.29 is 4.79 Å². The number of carbonyl (C=O) groups is 1. The molecule has 0 spiro atoms. The average Bonchev–Trinajstić information content (AvgIpc) is 2.90. The molecule has 1 aliphatic carbocycles. The van der Waals surface area contributed by atoms with Crippen LogP contribution in [0.3, 0.4) is 0 Å². The summed E-state index contributed by atoms with van der Waals surface area (Å²) in [6, 6.07) is 20.9. The minimum atomic E-state index is -0.0586. The van der Waals surface area contributed by atoms with Gasteiger partial charge in [-0.1, -0.05) is 92.9 Å². The van der Waals surface area contributed by atoms with Gasteiger partial charge in [-0.15, -0.1) is 0 Å². The molecule has 2 atom stereocenters. The molecule has 2 aromatic carbocycles. The van der Waals surface area contributed by atoms with Crippen molar-refractivity contribution in [2.45, 2.75) is 51.4 Å². The highest BCUT2D eigenvalue weighted by molar-refractivity contribution is 6.05. The van der Waals surface area contributed by atoms with Crippen molar-refractivity contribution in [3.8, 4) is 0 Å². The third-order valence-electron chi connectivity index (χ3n) is 5.01. The summed E-state index contributed by atoms with van der Waals surface area (Å²) in [4.78, 5) is 13.3. The van der Waals surface area contributed by atoms with Crippen molar-refractivity contribution in [2.75, 3.05) is 0 Å². The fraction of sp³-hybridized carbons (Fsp3) is 0.348. The Labute approximate surface area is 145 Å². The Kier molecular flexibility index (Phi) is 5.30. The maximum atomic E-state index is 13.3. The van der Waals surface area contributed by atoms with Crippen LogP contribution in [-0.4, -0.2) is 5.78 Å². The summed E-state index contributed by atoms with van der Waals surface area (Å²) in [6.45, 7) is 4.37. The molecule has 0 unspecified atom stereocenters. The maximum Gasteiger partial charge on any atom is 0.167 e. The second-order valence-electron chi connectivity index (χ2n) is 6.64. The first-order chi connectivity index (χ1) is 11.8. The predicted octanol–water partition coefficient (Wildman–Crippen LogP) is 6.03. The fourth-order valence-corrected chi connectivity index (χ4v) is 4.05. The first kappa shape index (κ1) is 16.7. The van der Waals surface area contributed by atoms with E-state index in [0.717, 1.165) is 36.8 Å². The van der Waals surface area contributed by atoms with E-state index in [1.54, 1.807) is 0 Å². The lowest BCUT2D eigenvalue weighted by Gasteiger charge is -2.23. The van der Waals surface area contributed by atoms with Crippen LogP contribution in [0.2, 0.25) is 0 Å². The number of allylic oxidation sites excluding steroid dienone is 2. The SMILES string of the molecule is CCCC1=C(CCC)[C@@H](c2ccccc2)[C@H](c2ccccc2)C1=O. The van der Waals surface area contributed by atoms with Gasteiger partial charge in [0.25, 0.3) is 0 Å². The zero-order valence-corrected chi connectivity index (χ0v) is 14.7. The lowest BCUT2D eigenvalue weighted by molar-refractivity contribution is -0.116. The summed E-state index contributed by atoms with van der Waals surface area (Å²) >= 11 is 0. The van der Waals surface area contributed by atoms with Crippen molar-refractivity contribution in [1.29, 1.82) is 0 Å². The van der Waals surface area contributed by atoms with Gasteiger partial charge in [0.1, 0.15) is 0 Å². The van der Waals surface area contributed by atoms with Gasteiger partial charge in [-0.05, 0) is 29.5 Å². The molecule has 3 rings (SSSR count). The lowest BCUT2D eigenvalue weighted by Crippen LogP contribution is -2.15. The summed E-state index contributed by atoms with van der Waals surface area (Å²) < 4.78 is 0. The van der Waals surface area contributed by atoms with Gasteiger partial charge >= 0.3 is 0 Å². The van der Waals surface area contributed by atoms with Crippen LogP contribution in [0.1, 0.15) is 62.5 Å². The molecular formula is C23H26O. The number of ketones is 1. The molecule has 0 aromatic heterocycles. The average molecular weight is 318 g/mol. The quantitative estimate of drug-likeness (QED) is 0.635. The Balaban J connectivity index is 2.13. The Hall–Kier alpha value is -2.15. The van der Waals surface area contributed by atoms with E-state index in [-0.39, 0.29) is 11.8 Å². The first-order valence-corrected chi connectivity index (χ1v) is 9.13. The van der Waals surface area contributed by atoms with Gasteiger partial charge in [0, 0.05) is 5.92 Å². The van der Waals surface area contributed by atoms with Crippen molar-refractivity contribution in [3.05, 3.63) is 82.9 Å². The smallest absolute Gasteiger partial charge is 0.167 e. The number of Topliss-reactive ketones (excluding diaryl/α,β-unsaturated/α-hetero) is 1. The minimum Gasteiger partial charge on any atom is -0.294 e. The van der Waals surface area contributed by atoms with Gasteiger partial charge in [0.05, 0.1) is 5.92 Å². The summed E-state index contributed by atoms with van der Waals surface area (Å²) in [5.41, 5.74) is 4.90. The van der Waals surface area contributed by atoms with Crippen LogP contribution in [0.4, 0.5) is 0 Å². The normalized spacial score (nSPS) is 20.7. The highest BCUT2D eigenvalue weighted by Gasteiger charge is 2.42. The third kappa shape index (κ3) is 3.08. The Morgan fingerprint density at radius 3 is 1.71 bits per heavy atom. The molecule has 0 aliphatic heterocycles. The highest BCUT2D eigenvalue weighted by Crippen LogP contribution is 2.49. The molecule has 0 radical (unpaired) electrons. The topological polar surface area (TPSA) is 17.1 Å². The Bertz CT molecular complexity index is 712. The van der Waals surface area contributed by atoms with E-state index in [2.05, 4.69) is 50.2 Å². The van der Waals surface area contributed by atoms with Crippen LogP contribution >= 0.6 is 0 Å². The van der Waals surface area contributed by atoms with E-state index in [4.69, 9.17) is 0 Å². The lowest BCUT2D eigenvalue weighted by atomic mass is 9.79. The molecule has 0 amide bonds. The van der Waals surface area contributed by atoms with Crippen LogP contribution in [0.15, 0.2) is 71.8 Å². The first-order valence-electron chi connectivity index (χ1n) is 9.13. The highest BCUT2D eigenvalue weighted by atomic mass is 16.1. The number of carbonyl (C=O) groups excluding carboxylic acids is 1. The van der Waals surface area contributed by atoms with E-state index in [0.29, 0.717) is 5.78 Å². The molecule has 24 heavy (non-hydrogen) atoms. The molecule has 0 N–H and O–H groups in total. The van der Waals surface area contributed by atoms with Crippen molar-refractivity contribution >= 4 is 5.78 Å². The predicted molar refractivity (Wildman–Crippen MR) is 100 cm³/mol. The zero-order valence-electron chi connectivity index (χ0n) is 14.7. The van der Waals surface area contributed by atoms with Crippen molar-refractivity contribution in [1.82, 2.24) is 0 Å². The second-order valence-corrected chi connectivity index (χ2v) is 6.64. The Morgan fingerprint density at radius 2 is 1.21 bits per heavy atom. The van der Waals surface area contributed by atoms with E-state index in [1.165, 1.54) is 11.1 Å². The molecular weight excluding hydrogens is 292 g/mol. The van der Waals surface area contributed by atoms with Crippen molar-refractivity contribution in [2.24, 2.45) is 0 Å². The largest absolute Gasteiger partial charge is 0.294 e. The zero-order chi connectivity index (χ0) is 16.9. The molecule has 0 fully saturated rings.